The Morgan fingerprint density at radius 2 is 1.67 bits per heavy atom. The third kappa shape index (κ3) is 5.91. The second-order valence-corrected chi connectivity index (χ2v) is 11.5. The molecule has 2 aliphatic rings. The molecule has 0 spiro atoms. The first-order valence-electron chi connectivity index (χ1n) is 14.3. The molecule has 1 saturated heterocycles. The van der Waals surface area contributed by atoms with E-state index in [0.29, 0.717) is 29.1 Å². The molecule has 6 rings (SSSR count). The van der Waals surface area contributed by atoms with Crippen molar-refractivity contribution in [3.63, 3.8) is 0 Å². The van der Waals surface area contributed by atoms with Gasteiger partial charge in [-0.1, -0.05) is 41.9 Å². The molecule has 3 heterocycles. The first-order chi connectivity index (χ1) is 20.8. The molecule has 10 heteroatoms. The highest BCUT2D eigenvalue weighted by atomic mass is 35.5. The van der Waals surface area contributed by atoms with Crippen LogP contribution in [0.2, 0.25) is 5.02 Å². The minimum absolute atomic E-state index is 0.0638. The lowest BCUT2D eigenvalue weighted by Gasteiger charge is -2.40. The smallest absolute Gasteiger partial charge is 0.335 e. The van der Waals surface area contributed by atoms with Crippen molar-refractivity contribution in [2.24, 2.45) is 0 Å². The standard InChI is InChI=1S/C33H32ClN5O4/c1-36-14-16-37(17-15-36)29-7-3-6-28-27(29)12-13-38(31(28)30(40)18-22-8-10-23(11-9-22)33(42)43)32(41)24-20-35-39(21-24)26-5-2-4-25(34)19-26/h2-11,19-21,31H,12-18H2,1H3,(H,42,43). The molecule has 3 aromatic carbocycles. The molecular weight excluding hydrogens is 566 g/mol. The number of hydrogen-bond acceptors (Lipinski definition) is 6. The van der Waals surface area contributed by atoms with Crippen molar-refractivity contribution in [1.29, 1.82) is 0 Å². The summed E-state index contributed by atoms with van der Waals surface area (Å²) in [5, 5.41) is 14.2. The molecule has 1 fully saturated rings. The van der Waals surface area contributed by atoms with E-state index in [2.05, 4.69) is 28.0 Å². The summed E-state index contributed by atoms with van der Waals surface area (Å²) >= 11 is 6.17. The van der Waals surface area contributed by atoms with E-state index in [-0.39, 0.29) is 23.7 Å². The third-order valence-corrected chi connectivity index (χ3v) is 8.52. The molecule has 0 radical (unpaired) electrons. The highest BCUT2D eigenvalue weighted by Crippen LogP contribution is 2.38. The number of carbonyl (C=O) groups excluding carboxylic acids is 2. The lowest BCUT2D eigenvalue weighted by atomic mass is 9.86. The average Bonchev–Trinajstić information content (AvgIpc) is 3.51. The summed E-state index contributed by atoms with van der Waals surface area (Å²) in [6.07, 6.45) is 3.87. The number of Topliss-reactive ketones (excluding diaryl/α,β-unsaturated/α-hetero) is 1. The van der Waals surface area contributed by atoms with Crippen molar-refractivity contribution in [3.05, 3.63) is 112 Å². The van der Waals surface area contributed by atoms with Gasteiger partial charge in [-0.25, -0.2) is 9.48 Å². The Hall–Kier alpha value is -4.47. The maximum absolute atomic E-state index is 14.1. The number of carbonyl (C=O) groups is 3. The van der Waals surface area contributed by atoms with Crippen LogP contribution in [0.25, 0.3) is 5.69 Å². The van der Waals surface area contributed by atoms with Crippen LogP contribution in [0.3, 0.4) is 0 Å². The number of carboxylic acid groups (broad SMARTS) is 1. The highest BCUT2D eigenvalue weighted by Gasteiger charge is 2.38. The van der Waals surface area contributed by atoms with Crippen LogP contribution in [0, 0.1) is 0 Å². The van der Waals surface area contributed by atoms with Gasteiger partial charge in [0.25, 0.3) is 5.91 Å². The summed E-state index contributed by atoms with van der Waals surface area (Å²) in [7, 11) is 2.12. The fourth-order valence-corrected chi connectivity index (χ4v) is 6.17. The first-order valence-corrected chi connectivity index (χ1v) is 14.7. The average molecular weight is 598 g/mol. The van der Waals surface area contributed by atoms with E-state index < -0.39 is 12.0 Å². The third-order valence-electron chi connectivity index (χ3n) is 8.29. The number of aromatic carboxylic acids is 1. The quantitative estimate of drug-likeness (QED) is 0.334. The summed E-state index contributed by atoms with van der Waals surface area (Å²) in [6.45, 7) is 4.09. The Morgan fingerprint density at radius 1 is 0.930 bits per heavy atom. The number of halogens is 1. The van der Waals surface area contributed by atoms with Gasteiger partial charge in [0.1, 0.15) is 6.04 Å². The molecule has 1 atom stereocenters. The number of ketones is 1. The number of carboxylic acids is 1. The molecule has 4 aromatic rings. The van der Waals surface area contributed by atoms with E-state index in [4.69, 9.17) is 11.6 Å². The van der Waals surface area contributed by atoms with Gasteiger partial charge in [-0.15, -0.1) is 0 Å². The van der Waals surface area contributed by atoms with Gasteiger partial charge in [0.05, 0.1) is 23.0 Å². The van der Waals surface area contributed by atoms with Crippen LogP contribution in [0.5, 0.6) is 0 Å². The van der Waals surface area contributed by atoms with Crippen molar-refractivity contribution in [3.8, 4) is 5.69 Å². The van der Waals surface area contributed by atoms with Gasteiger partial charge in [0.2, 0.25) is 0 Å². The van der Waals surface area contributed by atoms with Crippen LogP contribution in [0.1, 0.15) is 43.4 Å². The lowest BCUT2D eigenvalue weighted by Crippen LogP contribution is -2.47. The zero-order valence-electron chi connectivity index (χ0n) is 23.8. The van der Waals surface area contributed by atoms with Gasteiger partial charge in [-0.05, 0) is 66.6 Å². The van der Waals surface area contributed by atoms with Crippen molar-refractivity contribution in [2.45, 2.75) is 18.9 Å². The number of nitrogens with zero attached hydrogens (tertiary/aromatic N) is 5. The predicted octanol–water partition coefficient (Wildman–Crippen LogP) is 4.53. The molecule has 9 nitrogen and oxygen atoms in total. The number of benzene rings is 3. The molecule has 43 heavy (non-hydrogen) atoms. The number of likely N-dealkylation sites (N-methyl/N-ethyl adjacent to an activating group) is 1. The minimum Gasteiger partial charge on any atom is -0.478 e. The molecule has 1 N–H and O–H groups in total. The summed E-state index contributed by atoms with van der Waals surface area (Å²) in [5.41, 5.74) is 5.01. The molecule has 0 bridgehead atoms. The fourth-order valence-electron chi connectivity index (χ4n) is 5.98. The van der Waals surface area contributed by atoms with Crippen molar-refractivity contribution >= 4 is 34.9 Å². The van der Waals surface area contributed by atoms with Gasteiger partial charge < -0.3 is 19.8 Å². The lowest BCUT2D eigenvalue weighted by molar-refractivity contribution is -0.123. The van der Waals surface area contributed by atoms with E-state index in [0.717, 1.165) is 48.7 Å². The Kier molecular flexibility index (Phi) is 8.01. The SMILES string of the molecule is CN1CCN(c2cccc3c2CCN(C(=O)c2cnn(-c4cccc(Cl)c4)c2)C3C(=O)Cc2ccc(C(=O)O)cc2)CC1. The molecule has 0 saturated carbocycles. The Balaban J connectivity index is 1.34. The summed E-state index contributed by atoms with van der Waals surface area (Å²) < 4.78 is 1.60. The zero-order chi connectivity index (χ0) is 30.1. The number of aromatic nitrogens is 2. The maximum Gasteiger partial charge on any atom is 0.335 e. The Bertz CT molecular complexity index is 1680. The number of fused-ring (bicyclic) bond motifs is 1. The van der Waals surface area contributed by atoms with Crippen LogP contribution in [-0.2, 0) is 17.6 Å². The highest BCUT2D eigenvalue weighted by molar-refractivity contribution is 6.30. The number of amides is 1. The van der Waals surface area contributed by atoms with Gasteiger partial charge in [-0.3, -0.25) is 9.59 Å². The van der Waals surface area contributed by atoms with Crippen LogP contribution in [-0.4, -0.2) is 82.1 Å². The van der Waals surface area contributed by atoms with E-state index in [1.807, 2.05) is 24.3 Å². The fraction of sp³-hybridized carbons (Fsp3) is 0.273. The van der Waals surface area contributed by atoms with E-state index in [1.54, 1.807) is 40.0 Å². The Labute approximate surface area is 254 Å². The monoisotopic (exact) mass is 597 g/mol. The van der Waals surface area contributed by atoms with Crippen LogP contribution in [0.15, 0.2) is 79.1 Å². The largest absolute Gasteiger partial charge is 0.478 e. The van der Waals surface area contributed by atoms with Crippen LogP contribution < -0.4 is 4.90 Å². The number of piperazine rings is 1. The topological polar surface area (TPSA) is 99.0 Å². The van der Waals surface area contributed by atoms with E-state index in [1.165, 1.54) is 18.3 Å². The van der Waals surface area contributed by atoms with Gasteiger partial charge in [0.15, 0.2) is 5.78 Å². The number of rotatable bonds is 7. The van der Waals surface area contributed by atoms with Gasteiger partial charge in [0, 0.05) is 56.1 Å². The van der Waals surface area contributed by atoms with Gasteiger partial charge >= 0.3 is 5.97 Å². The molecule has 1 amide bonds. The van der Waals surface area contributed by atoms with Crippen LogP contribution in [0.4, 0.5) is 5.69 Å². The second-order valence-electron chi connectivity index (χ2n) is 11.1. The number of hydrogen-bond donors (Lipinski definition) is 1. The van der Waals surface area contributed by atoms with Gasteiger partial charge in [-0.2, -0.15) is 5.10 Å². The second kappa shape index (κ2) is 12.0. The zero-order valence-corrected chi connectivity index (χ0v) is 24.6. The molecule has 1 unspecified atom stereocenters. The molecule has 2 aliphatic heterocycles. The minimum atomic E-state index is -1.02. The summed E-state index contributed by atoms with van der Waals surface area (Å²) in [6, 6.07) is 18.8. The summed E-state index contributed by atoms with van der Waals surface area (Å²) in [5.74, 6) is -1.43. The molecular formula is C33H32ClN5O4. The van der Waals surface area contributed by atoms with E-state index >= 15 is 0 Å². The predicted molar refractivity (Wildman–Crippen MR) is 164 cm³/mol. The maximum atomic E-state index is 14.1. The summed E-state index contributed by atoms with van der Waals surface area (Å²) in [4.78, 5) is 45.8. The van der Waals surface area contributed by atoms with Crippen molar-refractivity contribution < 1.29 is 19.5 Å². The normalized spacial score (nSPS) is 17.0. The number of anilines is 1. The van der Waals surface area contributed by atoms with E-state index in [9.17, 15) is 19.5 Å². The Morgan fingerprint density at radius 3 is 2.40 bits per heavy atom. The van der Waals surface area contributed by atoms with Crippen molar-refractivity contribution in [1.82, 2.24) is 19.6 Å². The van der Waals surface area contributed by atoms with Crippen molar-refractivity contribution in [2.75, 3.05) is 44.7 Å². The molecule has 0 aliphatic carbocycles. The van der Waals surface area contributed by atoms with Crippen LogP contribution >= 0.6 is 11.6 Å². The molecule has 220 valence electrons. The molecule has 1 aromatic heterocycles. The first kappa shape index (κ1) is 28.6.